The predicted octanol–water partition coefficient (Wildman–Crippen LogP) is 9.77. The minimum absolute atomic E-state index is 0.0342. The van der Waals surface area contributed by atoms with E-state index in [2.05, 4.69) is 78.7 Å². The van der Waals surface area contributed by atoms with Crippen molar-refractivity contribution >= 4 is 35.3 Å². The summed E-state index contributed by atoms with van der Waals surface area (Å²) in [5.74, 6) is 1.44. The number of benzene rings is 1. The van der Waals surface area contributed by atoms with Crippen molar-refractivity contribution in [2.75, 3.05) is 31.2 Å². The van der Waals surface area contributed by atoms with E-state index < -0.39 is 5.60 Å². The second-order valence-corrected chi connectivity index (χ2v) is 11.8. The van der Waals surface area contributed by atoms with Crippen LogP contribution in [0.15, 0.2) is 53.1 Å². The summed E-state index contributed by atoms with van der Waals surface area (Å²) in [6.45, 7) is 30.5. The first-order valence-electron chi connectivity index (χ1n) is 15.2. The monoisotopic (exact) mass is 610 g/mol. The summed E-state index contributed by atoms with van der Waals surface area (Å²) in [7, 11) is 0. The molecule has 230 valence electrons. The molecular weight excluding hydrogens is 568 g/mol. The third kappa shape index (κ3) is 8.13. The van der Waals surface area contributed by atoms with Crippen LogP contribution in [0.3, 0.4) is 0 Å². The lowest BCUT2D eigenvalue weighted by Crippen LogP contribution is -2.21. The Balaban J connectivity index is 2.10. The molecule has 0 fully saturated rings. The fourth-order valence-corrected chi connectivity index (χ4v) is 5.72. The molecule has 0 spiro atoms. The molecule has 0 atom stereocenters. The van der Waals surface area contributed by atoms with Gasteiger partial charge in [-0.15, -0.1) is 11.3 Å². The van der Waals surface area contributed by atoms with E-state index in [0.29, 0.717) is 24.5 Å². The highest BCUT2D eigenvalue weighted by Gasteiger charge is 2.38. The second-order valence-electron chi connectivity index (χ2n) is 10.7. The summed E-state index contributed by atoms with van der Waals surface area (Å²) in [6, 6.07) is 10.4. The number of ether oxygens (including phenoxy) is 3. The molecule has 0 N–H and O–H groups in total. The Bertz CT molecular complexity index is 1520. The van der Waals surface area contributed by atoms with Gasteiger partial charge in [-0.05, 0) is 70.4 Å². The molecular formula is C36H42N4O3S. The van der Waals surface area contributed by atoms with Crippen LogP contribution < -0.4 is 14.4 Å². The van der Waals surface area contributed by atoms with Crippen LogP contribution in [0, 0.1) is 24.5 Å². The van der Waals surface area contributed by atoms with Crippen LogP contribution >= 0.6 is 11.3 Å². The Kier molecular flexibility index (Phi) is 12.7. The number of hydrogen-bond donors (Lipinski definition) is 0. The van der Waals surface area contributed by atoms with Gasteiger partial charge in [0.1, 0.15) is 11.4 Å². The lowest BCUT2D eigenvalue weighted by atomic mass is 9.97. The number of anilines is 1. The molecule has 1 aliphatic heterocycles. The van der Waals surface area contributed by atoms with E-state index in [1.54, 1.807) is 11.3 Å². The average molecular weight is 611 g/mol. The second kappa shape index (κ2) is 16.4. The molecule has 0 saturated heterocycles. The molecule has 1 aromatic carbocycles. The number of hydrogen-bond acceptors (Lipinski definition) is 6. The third-order valence-corrected chi connectivity index (χ3v) is 8.32. The predicted molar refractivity (Wildman–Crippen MR) is 181 cm³/mol. The molecule has 8 heteroatoms. The van der Waals surface area contributed by atoms with Crippen LogP contribution in [-0.2, 0) is 4.74 Å². The molecule has 0 amide bonds. The van der Waals surface area contributed by atoms with Crippen molar-refractivity contribution in [3.8, 4) is 17.6 Å². The maximum atomic E-state index is 9.44. The van der Waals surface area contributed by atoms with E-state index in [4.69, 9.17) is 27.4 Å². The van der Waals surface area contributed by atoms with Crippen LogP contribution in [0.4, 0.5) is 5.69 Å². The summed E-state index contributed by atoms with van der Waals surface area (Å²) in [5.41, 5.74) is 1.95. The highest BCUT2D eigenvalue weighted by Crippen LogP contribution is 2.46. The van der Waals surface area contributed by atoms with Crippen molar-refractivity contribution in [2.24, 2.45) is 0 Å². The van der Waals surface area contributed by atoms with Gasteiger partial charge in [0.2, 0.25) is 5.70 Å². The van der Waals surface area contributed by atoms with Crippen molar-refractivity contribution in [3.05, 3.63) is 91.2 Å². The molecule has 0 unspecified atom stereocenters. The topological polar surface area (TPSA) is 63.4 Å². The maximum absolute atomic E-state index is 9.44. The standard InChI is InChI=1S/C36H42N4O3S/c1-9-13-23-41-34-30(21-17-26-15-18-27(19-16-26)40(11-3)12-4)44-31(35(34)42-24-14-10-2)22-20-28-32(39-8)33(29(25-37)38-7)43-36(28,5)6/h15-22H,9-14,23-24H2,1-6H3/b21-17+,22-20+,33-29+. The Labute approximate surface area is 267 Å². The van der Waals surface area contributed by atoms with E-state index in [1.165, 1.54) is 5.69 Å². The van der Waals surface area contributed by atoms with Crippen molar-refractivity contribution in [1.29, 1.82) is 5.26 Å². The van der Waals surface area contributed by atoms with Gasteiger partial charge in [-0.1, -0.05) is 51.0 Å². The molecule has 0 radical (unpaired) electrons. The zero-order valence-corrected chi connectivity index (χ0v) is 27.5. The quantitative estimate of drug-likeness (QED) is 0.114. The zero-order chi connectivity index (χ0) is 32.1. The molecule has 0 aliphatic carbocycles. The number of nitrogens with zero attached hydrogens (tertiary/aromatic N) is 4. The van der Waals surface area contributed by atoms with Gasteiger partial charge < -0.3 is 19.1 Å². The van der Waals surface area contributed by atoms with Gasteiger partial charge in [-0.25, -0.2) is 15.0 Å². The van der Waals surface area contributed by atoms with Crippen molar-refractivity contribution in [2.45, 2.75) is 72.8 Å². The summed E-state index contributed by atoms with van der Waals surface area (Å²) >= 11 is 1.56. The molecule has 2 aromatic rings. The van der Waals surface area contributed by atoms with Gasteiger partial charge in [0.25, 0.3) is 5.70 Å². The van der Waals surface area contributed by atoms with E-state index in [9.17, 15) is 5.26 Å². The molecule has 0 bridgehead atoms. The largest absolute Gasteiger partial charge is 0.505 e. The smallest absolute Gasteiger partial charge is 0.292 e. The summed E-state index contributed by atoms with van der Waals surface area (Å²) in [4.78, 5) is 11.1. The van der Waals surface area contributed by atoms with Crippen molar-refractivity contribution in [1.82, 2.24) is 0 Å². The van der Waals surface area contributed by atoms with Crippen LogP contribution in [0.5, 0.6) is 11.5 Å². The van der Waals surface area contributed by atoms with Gasteiger partial charge in [0.15, 0.2) is 11.5 Å². The summed E-state index contributed by atoms with van der Waals surface area (Å²) in [5, 5.41) is 9.44. The lowest BCUT2D eigenvalue weighted by molar-refractivity contribution is 0.0952. The minimum atomic E-state index is -0.889. The van der Waals surface area contributed by atoms with E-state index in [1.807, 2.05) is 32.1 Å². The maximum Gasteiger partial charge on any atom is 0.292 e. The first kappa shape index (κ1) is 34.0. The average Bonchev–Trinajstić information content (AvgIpc) is 3.48. The molecule has 2 heterocycles. The van der Waals surface area contributed by atoms with E-state index in [0.717, 1.165) is 59.8 Å². The Hall–Kier alpha value is -4.45. The van der Waals surface area contributed by atoms with Gasteiger partial charge >= 0.3 is 0 Å². The summed E-state index contributed by atoms with van der Waals surface area (Å²) in [6.07, 6.45) is 11.8. The molecule has 1 aromatic heterocycles. The highest BCUT2D eigenvalue weighted by atomic mass is 32.1. The van der Waals surface area contributed by atoms with Crippen molar-refractivity contribution < 1.29 is 14.2 Å². The van der Waals surface area contributed by atoms with Crippen LogP contribution in [0.2, 0.25) is 0 Å². The first-order chi connectivity index (χ1) is 21.3. The number of rotatable bonds is 15. The van der Waals surface area contributed by atoms with E-state index in [-0.39, 0.29) is 17.2 Å². The molecule has 44 heavy (non-hydrogen) atoms. The van der Waals surface area contributed by atoms with Crippen molar-refractivity contribution in [3.63, 3.8) is 0 Å². The fraction of sp³-hybridized carbons (Fsp3) is 0.417. The Morgan fingerprint density at radius 1 is 0.932 bits per heavy atom. The molecule has 7 nitrogen and oxygen atoms in total. The van der Waals surface area contributed by atoms with Gasteiger partial charge in [0.05, 0.1) is 42.2 Å². The normalized spacial score (nSPS) is 15.2. The summed E-state index contributed by atoms with van der Waals surface area (Å²) < 4.78 is 18.7. The number of allylic oxidation sites excluding steroid dienone is 1. The molecule has 0 saturated carbocycles. The molecule has 1 aliphatic rings. The van der Waals surface area contributed by atoms with E-state index >= 15 is 0 Å². The lowest BCUT2D eigenvalue weighted by Gasteiger charge is -2.22. The van der Waals surface area contributed by atoms with Gasteiger partial charge in [0, 0.05) is 24.4 Å². The number of nitriles is 1. The Morgan fingerprint density at radius 3 is 1.98 bits per heavy atom. The number of unbranched alkanes of at least 4 members (excludes halogenated alkanes) is 2. The SMILES string of the molecule is [C-]#[N+]C1=C(/C=C/c2sc(/C=C/c3ccc(N(CC)CC)cc3)c(OCCCC)c2OCCCC)C(C)(C)O/C1=C(\C#N)[N+]#[C-]. The zero-order valence-electron chi connectivity index (χ0n) is 26.7. The third-order valence-electron chi connectivity index (χ3n) is 7.23. The Morgan fingerprint density at radius 2 is 1.50 bits per heavy atom. The van der Waals surface area contributed by atoms with Gasteiger partial charge in [-0.2, -0.15) is 0 Å². The van der Waals surface area contributed by atoms with Crippen LogP contribution in [0.25, 0.3) is 27.9 Å². The first-order valence-corrected chi connectivity index (χ1v) is 16.1. The molecule has 3 rings (SSSR count). The fourth-order valence-electron chi connectivity index (χ4n) is 4.72. The van der Waals surface area contributed by atoms with Gasteiger partial charge in [-0.3, -0.25) is 0 Å². The highest BCUT2D eigenvalue weighted by molar-refractivity contribution is 7.14. The number of thiophene rings is 1. The van der Waals surface area contributed by atoms with Crippen LogP contribution in [-0.4, -0.2) is 31.9 Å². The van der Waals surface area contributed by atoms with Crippen LogP contribution in [0.1, 0.15) is 82.5 Å². The minimum Gasteiger partial charge on any atom is -0.505 e.